The molecule has 0 spiro atoms. The van der Waals surface area contributed by atoms with Crippen molar-refractivity contribution in [3.8, 4) is 23.8 Å². The van der Waals surface area contributed by atoms with Crippen molar-refractivity contribution in [1.29, 1.82) is 0 Å². The van der Waals surface area contributed by atoms with Gasteiger partial charge in [0.15, 0.2) is 11.5 Å². The van der Waals surface area contributed by atoms with Crippen LogP contribution in [0.25, 0.3) is 0 Å². The van der Waals surface area contributed by atoms with Gasteiger partial charge in [-0.25, -0.2) is 0 Å². The van der Waals surface area contributed by atoms with Gasteiger partial charge in [0.05, 0.1) is 20.3 Å². The molecule has 1 aromatic rings. The number of methoxy groups -OCH3 is 1. The molecule has 3 nitrogen and oxygen atoms in total. The number of aliphatic hydroxyl groups excluding tert-OH is 1. The highest BCUT2D eigenvalue weighted by Gasteiger charge is 2.11. The standard InChI is InChI=1S/C12H13ClO3/c1-3-4-5-16-12-9(8-14)6-10(13)7-11(12)15-2/h1,6-7,14H,4-5,8H2,2H3. The fourth-order valence-electron chi connectivity index (χ4n) is 1.27. The molecule has 1 aromatic carbocycles. The van der Waals surface area contributed by atoms with Gasteiger partial charge in [-0.2, -0.15) is 0 Å². The first kappa shape index (κ1) is 12.7. The van der Waals surface area contributed by atoms with Gasteiger partial charge >= 0.3 is 0 Å². The van der Waals surface area contributed by atoms with Gasteiger partial charge in [-0.3, -0.25) is 0 Å². The zero-order valence-electron chi connectivity index (χ0n) is 9.00. The zero-order chi connectivity index (χ0) is 12.0. The quantitative estimate of drug-likeness (QED) is 0.634. The molecule has 0 radical (unpaired) electrons. The molecule has 0 aliphatic rings. The minimum absolute atomic E-state index is 0.164. The molecule has 16 heavy (non-hydrogen) atoms. The molecule has 86 valence electrons. The molecule has 0 atom stereocenters. The van der Waals surface area contributed by atoms with Crippen LogP contribution in [-0.2, 0) is 6.61 Å². The van der Waals surface area contributed by atoms with Gasteiger partial charge in [0.1, 0.15) is 0 Å². The van der Waals surface area contributed by atoms with Crippen LogP contribution in [0.2, 0.25) is 5.02 Å². The lowest BCUT2D eigenvalue weighted by Crippen LogP contribution is -2.02. The lowest BCUT2D eigenvalue weighted by Gasteiger charge is -2.13. The number of hydrogen-bond donors (Lipinski definition) is 1. The predicted molar refractivity (Wildman–Crippen MR) is 62.9 cm³/mol. The second kappa shape index (κ2) is 6.26. The van der Waals surface area contributed by atoms with Crippen LogP contribution < -0.4 is 9.47 Å². The fourth-order valence-corrected chi connectivity index (χ4v) is 1.50. The third kappa shape index (κ3) is 3.06. The molecule has 0 saturated heterocycles. The molecular formula is C12H13ClO3. The van der Waals surface area contributed by atoms with E-state index in [2.05, 4.69) is 5.92 Å². The topological polar surface area (TPSA) is 38.7 Å². The molecule has 0 bridgehead atoms. The Morgan fingerprint density at radius 3 is 2.81 bits per heavy atom. The second-order valence-corrected chi connectivity index (χ2v) is 3.49. The maximum atomic E-state index is 9.18. The van der Waals surface area contributed by atoms with Crippen molar-refractivity contribution < 1.29 is 14.6 Å². The van der Waals surface area contributed by atoms with Crippen molar-refractivity contribution >= 4 is 11.6 Å². The van der Waals surface area contributed by atoms with Crippen LogP contribution in [0.4, 0.5) is 0 Å². The Morgan fingerprint density at radius 2 is 2.25 bits per heavy atom. The summed E-state index contributed by atoms with van der Waals surface area (Å²) in [5, 5.41) is 9.68. The van der Waals surface area contributed by atoms with E-state index in [1.165, 1.54) is 7.11 Å². The van der Waals surface area contributed by atoms with Gasteiger partial charge in [-0.05, 0) is 6.07 Å². The SMILES string of the molecule is C#CCCOc1c(CO)cc(Cl)cc1OC. The molecule has 1 N–H and O–H groups in total. The number of halogens is 1. The minimum atomic E-state index is -0.164. The van der Waals surface area contributed by atoms with Gasteiger partial charge in [0, 0.05) is 23.1 Å². The summed E-state index contributed by atoms with van der Waals surface area (Å²) in [6.07, 6.45) is 5.62. The number of rotatable bonds is 5. The van der Waals surface area contributed by atoms with E-state index in [1.807, 2.05) is 0 Å². The highest BCUT2D eigenvalue weighted by atomic mass is 35.5. The van der Waals surface area contributed by atoms with Crippen LogP contribution in [0.5, 0.6) is 11.5 Å². The van der Waals surface area contributed by atoms with Gasteiger partial charge in [-0.1, -0.05) is 11.6 Å². The summed E-state index contributed by atoms with van der Waals surface area (Å²) < 4.78 is 10.6. The van der Waals surface area contributed by atoms with Crippen LogP contribution >= 0.6 is 11.6 Å². The minimum Gasteiger partial charge on any atom is -0.493 e. The summed E-state index contributed by atoms with van der Waals surface area (Å²) in [4.78, 5) is 0. The number of benzene rings is 1. The van der Waals surface area contributed by atoms with Crippen LogP contribution in [-0.4, -0.2) is 18.8 Å². The Balaban J connectivity index is 2.98. The van der Waals surface area contributed by atoms with Crippen LogP contribution in [0.15, 0.2) is 12.1 Å². The number of ether oxygens (including phenoxy) is 2. The predicted octanol–water partition coefficient (Wildman–Crippen LogP) is 2.24. The highest BCUT2D eigenvalue weighted by Crippen LogP contribution is 2.34. The lowest BCUT2D eigenvalue weighted by molar-refractivity contribution is 0.257. The normalized spacial score (nSPS) is 9.62. The molecule has 0 aliphatic carbocycles. The van der Waals surface area contributed by atoms with Crippen molar-refractivity contribution in [2.75, 3.05) is 13.7 Å². The fraction of sp³-hybridized carbons (Fsp3) is 0.333. The monoisotopic (exact) mass is 240 g/mol. The van der Waals surface area contributed by atoms with Crippen molar-refractivity contribution in [2.45, 2.75) is 13.0 Å². The van der Waals surface area contributed by atoms with Crippen molar-refractivity contribution in [3.05, 3.63) is 22.7 Å². The Hall–Kier alpha value is -1.37. The maximum absolute atomic E-state index is 9.18. The second-order valence-electron chi connectivity index (χ2n) is 3.06. The molecule has 4 heteroatoms. The van der Waals surface area contributed by atoms with Gasteiger partial charge in [-0.15, -0.1) is 12.3 Å². The van der Waals surface area contributed by atoms with Crippen LogP contribution in [0.1, 0.15) is 12.0 Å². The lowest BCUT2D eigenvalue weighted by atomic mass is 10.2. The maximum Gasteiger partial charge on any atom is 0.166 e. The Kier molecular flexibility index (Phi) is 4.97. The van der Waals surface area contributed by atoms with E-state index in [4.69, 9.17) is 27.5 Å². The zero-order valence-corrected chi connectivity index (χ0v) is 9.75. The number of aliphatic hydroxyl groups is 1. The van der Waals surface area contributed by atoms with Gasteiger partial charge in [0.25, 0.3) is 0 Å². The number of terminal acetylenes is 1. The molecule has 0 unspecified atom stereocenters. The van der Waals surface area contributed by atoms with Crippen molar-refractivity contribution in [2.24, 2.45) is 0 Å². The summed E-state index contributed by atoms with van der Waals surface area (Å²) in [5.41, 5.74) is 0.585. The molecule has 0 saturated carbocycles. The first-order chi connectivity index (χ1) is 7.72. The Bertz CT molecular complexity index is 371. The van der Waals surface area contributed by atoms with E-state index in [-0.39, 0.29) is 6.61 Å². The van der Waals surface area contributed by atoms with Crippen molar-refractivity contribution in [1.82, 2.24) is 0 Å². The molecular weight excluding hydrogens is 228 g/mol. The number of hydrogen-bond acceptors (Lipinski definition) is 3. The molecule has 0 amide bonds. The molecule has 0 aromatic heterocycles. The summed E-state index contributed by atoms with van der Waals surface area (Å²) >= 11 is 5.86. The first-order valence-electron chi connectivity index (χ1n) is 4.76. The van der Waals surface area contributed by atoms with E-state index in [1.54, 1.807) is 12.1 Å². The first-order valence-corrected chi connectivity index (χ1v) is 5.14. The van der Waals surface area contributed by atoms with Crippen LogP contribution in [0.3, 0.4) is 0 Å². The smallest absolute Gasteiger partial charge is 0.166 e. The summed E-state index contributed by atoms with van der Waals surface area (Å²) in [6, 6.07) is 3.27. The summed E-state index contributed by atoms with van der Waals surface area (Å²) in [7, 11) is 1.51. The van der Waals surface area contributed by atoms with E-state index >= 15 is 0 Å². The average molecular weight is 241 g/mol. The van der Waals surface area contributed by atoms with Gasteiger partial charge in [0.2, 0.25) is 0 Å². The van der Waals surface area contributed by atoms with E-state index in [0.717, 1.165) is 0 Å². The van der Waals surface area contributed by atoms with E-state index < -0.39 is 0 Å². The molecule has 0 heterocycles. The Morgan fingerprint density at radius 1 is 1.50 bits per heavy atom. The average Bonchev–Trinajstić information content (AvgIpc) is 2.30. The van der Waals surface area contributed by atoms with E-state index in [0.29, 0.717) is 35.1 Å². The van der Waals surface area contributed by atoms with E-state index in [9.17, 15) is 5.11 Å². The summed E-state index contributed by atoms with van der Waals surface area (Å²) in [6.45, 7) is 0.212. The third-order valence-electron chi connectivity index (χ3n) is 1.98. The van der Waals surface area contributed by atoms with Crippen LogP contribution in [0, 0.1) is 12.3 Å². The third-order valence-corrected chi connectivity index (χ3v) is 2.20. The largest absolute Gasteiger partial charge is 0.493 e. The van der Waals surface area contributed by atoms with Crippen molar-refractivity contribution in [3.63, 3.8) is 0 Å². The van der Waals surface area contributed by atoms with Gasteiger partial charge < -0.3 is 14.6 Å². The summed E-state index contributed by atoms with van der Waals surface area (Å²) in [5.74, 6) is 3.45. The molecule has 1 rings (SSSR count). The molecule has 0 fully saturated rings. The molecule has 0 aliphatic heterocycles. The highest BCUT2D eigenvalue weighted by molar-refractivity contribution is 6.30. The Labute approximate surface area is 99.9 Å².